The van der Waals surface area contributed by atoms with Gasteiger partial charge < -0.3 is 5.32 Å². The van der Waals surface area contributed by atoms with E-state index in [9.17, 15) is 18.0 Å². The Morgan fingerprint density at radius 1 is 1.27 bits per heavy atom. The summed E-state index contributed by atoms with van der Waals surface area (Å²) in [6.45, 7) is 8.94. The van der Waals surface area contributed by atoms with Crippen LogP contribution in [0, 0.1) is 13.5 Å². The van der Waals surface area contributed by atoms with Gasteiger partial charge in [-0.2, -0.15) is 18.3 Å². The topological polar surface area (TPSA) is 64.2 Å². The van der Waals surface area contributed by atoms with Crippen LogP contribution in [0.3, 0.4) is 0 Å². The van der Waals surface area contributed by atoms with Gasteiger partial charge in [-0.3, -0.25) is 4.79 Å². The predicted octanol–water partition coefficient (Wildman–Crippen LogP) is 6.47. The summed E-state index contributed by atoms with van der Waals surface area (Å²) in [5.74, 6) is -0.847. The van der Waals surface area contributed by atoms with Gasteiger partial charge in [-0.25, -0.2) is 14.5 Å². The second kappa shape index (κ2) is 8.26. The number of carbonyl (C=O) groups excluding carboxylic acids is 1. The van der Waals surface area contributed by atoms with Crippen molar-refractivity contribution in [2.45, 2.75) is 13.1 Å². The second-order valence-electron chi connectivity index (χ2n) is 5.97. The Morgan fingerprint density at radius 3 is 2.57 bits per heavy atom. The molecule has 0 aliphatic carbocycles. The van der Waals surface area contributed by atoms with E-state index in [1.54, 1.807) is 13.0 Å². The fourth-order valence-corrected chi connectivity index (χ4v) is 3.46. The molecule has 154 valence electrons. The van der Waals surface area contributed by atoms with E-state index >= 15 is 0 Å². The number of hydrogen-bond donors (Lipinski definition) is 1. The number of halogens is 6. The van der Waals surface area contributed by atoms with Crippen LogP contribution in [0.1, 0.15) is 21.6 Å². The lowest BCUT2D eigenvalue weighted by Crippen LogP contribution is -2.18. The first kappa shape index (κ1) is 22.1. The maximum atomic E-state index is 12.9. The predicted molar refractivity (Wildman–Crippen MR) is 109 cm³/mol. The normalized spacial score (nSPS) is 11.3. The monoisotopic (exact) mass is 517 g/mol. The summed E-state index contributed by atoms with van der Waals surface area (Å²) in [7, 11) is 0. The van der Waals surface area contributed by atoms with Crippen molar-refractivity contribution in [3.63, 3.8) is 0 Å². The third-order valence-corrected chi connectivity index (χ3v) is 4.78. The maximum Gasteiger partial charge on any atom is 0.417 e. The molecule has 3 aromatic rings. The molecule has 0 spiro atoms. The molecule has 0 bridgehead atoms. The molecule has 1 aromatic carbocycles. The first-order chi connectivity index (χ1) is 14.0. The summed E-state index contributed by atoms with van der Waals surface area (Å²) >= 11 is 15.1. The number of aryl methyl sites for hydroxylation is 1. The van der Waals surface area contributed by atoms with Crippen LogP contribution in [-0.4, -0.2) is 20.7 Å². The number of pyridine rings is 1. The second-order valence-corrected chi connectivity index (χ2v) is 7.63. The maximum absolute atomic E-state index is 12.9. The number of hydrogen-bond acceptors (Lipinski definition) is 3. The van der Waals surface area contributed by atoms with E-state index in [-0.39, 0.29) is 32.5 Å². The van der Waals surface area contributed by atoms with Gasteiger partial charge in [-0.05, 0) is 46.6 Å². The highest BCUT2D eigenvalue weighted by molar-refractivity contribution is 9.10. The average Bonchev–Trinajstić information content (AvgIpc) is 3.04. The summed E-state index contributed by atoms with van der Waals surface area (Å²) in [5, 5.41) is 6.64. The van der Waals surface area contributed by atoms with Crippen LogP contribution >= 0.6 is 39.1 Å². The molecule has 3 rings (SSSR count). The average molecular weight is 519 g/mol. The molecule has 0 radical (unpaired) electrons. The zero-order valence-corrected chi connectivity index (χ0v) is 17.9. The molecule has 30 heavy (non-hydrogen) atoms. The van der Waals surface area contributed by atoms with Gasteiger partial charge in [0.1, 0.15) is 10.3 Å². The van der Waals surface area contributed by atoms with Crippen molar-refractivity contribution in [1.82, 2.24) is 14.8 Å². The van der Waals surface area contributed by atoms with Crippen LogP contribution in [0.15, 0.2) is 35.1 Å². The molecular formula is C18H9BrCl2F3N5O. The lowest BCUT2D eigenvalue weighted by Gasteiger charge is -2.13. The van der Waals surface area contributed by atoms with Gasteiger partial charge in [0.25, 0.3) is 5.91 Å². The molecule has 0 fully saturated rings. The van der Waals surface area contributed by atoms with Crippen LogP contribution in [0.25, 0.3) is 10.7 Å². The lowest BCUT2D eigenvalue weighted by molar-refractivity contribution is -0.137. The Balaban J connectivity index is 2.03. The fraction of sp³-hybridized carbons (Fsp3) is 0.111. The zero-order chi connectivity index (χ0) is 22.2. The van der Waals surface area contributed by atoms with Crippen LogP contribution < -0.4 is 5.32 Å². The van der Waals surface area contributed by atoms with Gasteiger partial charge in [0, 0.05) is 23.0 Å². The van der Waals surface area contributed by atoms with Crippen molar-refractivity contribution in [1.29, 1.82) is 0 Å². The minimum Gasteiger partial charge on any atom is -0.330 e. The number of rotatable bonds is 3. The summed E-state index contributed by atoms with van der Waals surface area (Å²) in [6.07, 6.45) is -4.03. The third kappa shape index (κ3) is 4.43. The minimum atomic E-state index is -4.62. The molecule has 0 aliphatic heterocycles. The minimum absolute atomic E-state index is 0.0682. The fourth-order valence-electron chi connectivity index (χ4n) is 2.57. The van der Waals surface area contributed by atoms with E-state index in [1.807, 2.05) is 0 Å². The SMILES string of the molecule is [C-]#[N+]c1cc(Cl)cc(C)c1NC(=O)c1cc(Br)nn1-c1ncc(C(F)(F)F)cc1Cl. The molecule has 6 nitrogen and oxygen atoms in total. The van der Waals surface area contributed by atoms with Crippen LogP contribution in [-0.2, 0) is 6.18 Å². The molecule has 0 unspecified atom stereocenters. The van der Waals surface area contributed by atoms with E-state index in [0.29, 0.717) is 22.8 Å². The van der Waals surface area contributed by atoms with E-state index < -0.39 is 17.6 Å². The molecule has 0 saturated carbocycles. The molecule has 12 heteroatoms. The number of nitrogens with zero attached hydrogens (tertiary/aromatic N) is 4. The quantitative estimate of drug-likeness (QED) is 0.404. The van der Waals surface area contributed by atoms with Gasteiger partial charge in [0.15, 0.2) is 5.82 Å². The molecular weight excluding hydrogens is 510 g/mol. The Hall–Kier alpha value is -2.61. The standard InChI is InChI=1S/C18H9BrCl2F3N5O/c1-8-3-10(20)5-12(25-2)15(8)27-17(30)13-6-14(19)28-29(13)16-11(21)4-9(7-26-16)18(22,23)24/h3-7H,1H3,(H,27,30). The number of carbonyl (C=O) groups is 1. The largest absolute Gasteiger partial charge is 0.417 e. The molecule has 0 aliphatic rings. The van der Waals surface area contributed by atoms with Crippen LogP contribution in [0.2, 0.25) is 10.0 Å². The molecule has 1 amide bonds. The van der Waals surface area contributed by atoms with E-state index in [2.05, 4.69) is 36.2 Å². The number of anilines is 1. The molecule has 0 saturated heterocycles. The smallest absolute Gasteiger partial charge is 0.330 e. The Bertz CT molecular complexity index is 1200. The van der Waals surface area contributed by atoms with Crippen molar-refractivity contribution in [3.05, 3.63) is 73.3 Å². The van der Waals surface area contributed by atoms with E-state index in [1.165, 1.54) is 12.1 Å². The zero-order valence-electron chi connectivity index (χ0n) is 14.9. The van der Waals surface area contributed by atoms with Crippen molar-refractivity contribution < 1.29 is 18.0 Å². The number of benzene rings is 1. The van der Waals surface area contributed by atoms with Crippen molar-refractivity contribution >= 4 is 56.4 Å². The Kier molecular flexibility index (Phi) is 6.08. The molecule has 2 heterocycles. The highest BCUT2D eigenvalue weighted by atomic mass is 79.9. The number of alkyl halides is 3. The Morgan fingerprint density at radius 2 is 1.97 bits per heavy atom. The lowest BCUT2D eigenvalue weighted by atomic mass is 10.1. The number of nitrogens with one attached hydrogen (secondary N) is 1. The first-order valence-corrected chi connectivity index (χ1v) is 9.53. The van der Waals surface area contributed by atoms with Gasteiger partial charge in [0.05, 0.1) is 17.2 Å². The highest BCUT2D eigenvalue weighted by Gasteiger charge is 2.32. The van der Waals surface area contributed by atoms with Gasteiger partial charge in [-0.1, -0.05) is 23.2 Å². The third-order valence-electron chi connectivity index (χ3n) is 3.90. The number of aromatic nitrogens is 3. The van der Waals surface area contributed by atoms with E-state index in [0.717, 1.165) is 4.68 Å². The van der Waals surface area contributed by atoms with Crippen molar-refractivity contribution in [2.24, 2.45) is 0 Å². The van der Waals surface area contributed by atoms with Crippen molar-refractivity contribution in [3.8, 4) is 5.82 Å². The molecule has 2 aromatic heterocycles. The summed E-state index contributed by atoms with van der Waals surface area (Å²) in [4.78, 5) is 20.0. The molecule has 0 atom stereocenters. The van der Waals surface area contributed by atoms with Gasteiger partial charge in [-0.15, -0.1) is 0 Å². The first-order valence-electron chi connectivity index (χ1n) is 7.99. The van der Waals surface area contributed by atoms with Gasteiger partial charge >= 0.3 is 6.18 Å². The Labute approximate surface area is 186 Å². The van der Waals surface area contributed by atoms with Gasteiger partial charge in [0.2, 0.25) is 5.69 Å². The summed E-state index contributed by atoms with van der Waals surface area (Å²) in [5.41, 5.74) is -0.176. The van der Waals surface area contributed by atoms with E-state index in [4.69, 9.17) is 29.8 Å². The highest BCUT2D eigenvalue weighted by Crippen LogP contribution is 2.34. The summed E-state index contributed by atoms with van der Waals surface area (Å²) < 4.78 is 39.8. The van der Waals surface area contributed by atoms with Crippen LogP contribution in [0.5, 0.6) is 0 Å². The van der Waals surface area contributed by atoms with Crippen LogP contribution in [0.4, 0.5) is 24.5 Å². The summed E-state index contributed by atoms with van der Waals surface area (Å²) in [6, 6.07) is 5.02. The van der Waals surface area contributed by atoms with Crippen molar-refractivity contribution in [2.75, 3.05) is 5.32 Å². The number of amides is 1. The molecule has 1 N–H and O–H groups in total.